The van der Waals surface area contributed by atoms with Crippen LogP contribution in [0.1, 0.15) is 26.1 Å². The van der Waals surface area contributed by atoms with Crippen LogP contribution in [0.25, 0.3) is 0 Å². The Morgan fingerprint density at radius 3 is 2.59 bits per heavy atom. The summed E-state index contributed by atoms with van der Waals surface area (Å²) in [5.41, 5.74) is 0. The molecule has 0 radical (unpaired) electrons. The number of alkyl halides is 3. The standard InChI is InChI=1S/C10H12ClF3N2O/c1-3-4-8-15-7(11)5-9(16-8)17-6(2)10(12,13)14/h5-6H,3-4H2,1-2H3. The van der Waals surface area contributed by atoms with Crippen LogP contribution in [0, 0.1) is 0 Å². The fraction of sp³-hybridized carbons (Fsp3) is 0.600. The molecule has 3 nitrogen and oxygen atoms in total. The molecule has 0 aliphatic carbocycles. The zero-order valence-corrected chi connectivity index (χ0v) is 10.1. The Morgan fingerprint density at radius 2 is 2.06 bits per heavy atom. The maximum Gasteiger partial charge on any atom is 0.425 e. The third-order valence-corrected chi connectivity index (χ3v) is 2.14. The second kappa shape index (κ2) is 5.53. The third-order valence-electron chi connectivity index (χ3n) is 1.95. The number of rotatable bonds is 4. The van der Waals surface area contributed by atoms with Crippen molar-refractivity contribution in [2.75, 3.05) is 0 Å². The molecule has 0 fully saturated rings. The molecular formula is C10H12ClF3N2O. The summed E-state index contributed by atoms with van der Waals surface area (Å²) in [5, 5.41) is 0.0767. The van der Waals surface area contributed by atoms with Crippen molar-refractivity contribution in [3.63, 3.8) is 0 Å². The van der Waals surface area contributed by atoms with Crippen LogP contribution < -0.4 is 4.74 Å². The van der Waals surface area contributed by atoms with Gasteiger partial charge in [0.05, 0.1) is 0 Å². The first-order chi connectivity index (χ1) is 7.82. The van der Waals surface area contributed by atoms with Crippen molar-refractivity contribution in [2.24, 2.45) is 0 Å². The number of hydrogen-bond donors (Lipinski definition) is 0. The van der Waals surface area contributed by atoms with Crippen LogP contribution >= 0.6 is 11.6 Å². The average molecular weight is 269 g/mol. The van der Waals surface area contributed by atoms with Crippen LogP contribution in [0.3, 0.4) is 0 Å². The lowest BCUT2D eigenvalue weighted by molar-refractivity contribution is -0.190. The summed E-state index contributed by atoms with van der Waals surface area (Å²) < 4.78 is 41.5. The molecule has 1 atom stereocenters. The Balaban J connectivity index is 2.84. The zero-order chi connectivity index (χ0) is 13.1. The molecule has 0 aliphatic heterocycles. The third kappa shape index (κ3) is 4.38. The second-order valence-corrected chi connectivity index (χ2v) is 3.88. The largest absolute Gasteiger partial charge is 0.465 e. The van der Waals surface area contributed by atoms with E-state index < -0.39 is 12.3 Å². The monoisotopic (exact) mass is 268 g/mol. The molecular weight excluding hydrogens is 257 g/mol. The zero-order valence-electron chi connectivity index (χ0n) is 9.38. The number of halogens is 4. The van der Waals surface area contributed by atoms with Crippen LogP contribution in [-0.2, 0) is 6.42 Å². The molecule has 7 heteroatoms. The van der Waals surface area contributed by atoms with E-state index in [0.717, 1.165) is 13.3 Å². The van der Waals surface area contributed by atoms with Crippen LogP contribution in [0.5, 0.6) is 5.88 Å². The van der Waals surface area contributed by atoms with E-state index >= 15 is 0 Å². The maximum absolute atomic E-state index is 12.3. The summed E-state index contributed by atoms with van der Waals surface area (Å²) in [7, 11) is 0. The van der Waals surface area contributed by atoms with E-state index in [1.807, 2.05) is 6.92 Å². The first-order valence-corrected chi connectivity index (χ1v) is 5.47. The molecule has 0 saturated carbocycles. The van der Waals surface area contributed by atoms with Gasteiger partial charge in [-0.2, -0.15) is 18.2 Å². The minimum Gasteiger partial charge on any atom is -0.465 e. The molecule has 0 amide bonds. The Kier molecular flexibility index (Phi) is 4.56. The van der Waals surface area contributed by atoms with E-state index in [-0.39, 0.29) is 11.0 Å². The molecule has 96 valence electrons. The quantitative estimate of drug-likeness (QED) is 0.785. The SMILES string of the molecule is CCCc1nc(Cl)cc(OC(C)C(F)(F)F)n1. The lowest BCUT2D eigenvalue weighted by Gasteiger charge is -2.17. The van der Waals surface area contributed by atoms with Gasteiger partial charge >= 0.3 is 6.18 Å². The Morgan fingerprint density at radius 1 is 1.41 bits per heavy atom. The fourth-order valence-corrected chi connectivity index (χ4v) is 1.28. The molecule has 0 aromatic carbocycles. The predicted molar refractivity (Wildman–Crippen MR) is 57.2 cm³/mol. The van der Waals surface area contributed by atoms with E-state index in [4.69, 9.17) is 11.6 Å². The molecule has 0 saturated heterocycles. The Labute approximate surface area is 102 Å². The highest BCUT2D eigenvalue weighted by Crippen LogP contribution is 2.25. The van der Waals surface area contributed by atoms with Gasteiger partial charge in [0.25, 0.3) is 0 Å². The van der Waals surface area contributed by atoms with Crippen molar-refractivity contribution in [1.29, 1.82) is 0 Å². The molecule has 17 heavy (non-hydrogen) atoms. The van der Waals surface area contributed by atoms with Crippen molar-refractivity contribution in [2.45, 2.75) is 39.0 Å². The van der Waals surface area contributed by atoms with Crippen LogP contribution in [0.4, 0.5) is 13.2 Å². The normalized spacial score (nSPS) is 13.5. The number of hydrogen-bond acceptors (Lipinski definition) is 3. The molecule has 1 rings (SSSR count). The fourth-order valence-electron chi connectivity index (χ4n) is 1.09. The van der Waals surface area contributed by atoms with Gasteiger partial charge in [-0.25, -0.2) is 4.98 Å². The van der Waals surface area contributed by atoms with Gasteiger partial charge in [-0.3, -0.25) is 0 Å². The first kappa shape index (κ1) is 14.0. The van der Waals surface area contributed by atoms with Crippen LogP contribution in [0.15, 0.2) is 6.07 Å². The van der Waals surface area contributed by atoms with E-state index in [1.54, 1.807) is 0 Å². The topological polar surface area (TPSA) is 35.0 Å². The number of aromatic nitrogens is 2. The molecule has 1 unspecified atom stereocenters. The van der Waals surface area contributed by atoms with Gasteiger partial charge in [0.15, 0.2) is 6.10 Å². The molecule has 1 heterocycles. The summed E-state index contributed by atoms with van der Waals surface area (Å²) in [4.78, 5) is 7.75. The predicted octanol–water partition coefficient (Wildman–Crippen LogP) is 3.41. The molecule has 0 bridgehead atoms. The number of nitrogens with zero attached hydrogens (tertiary/aromatic N) is 2. The van der Waals surface area contributed by atoms with E-state index in [9.17, 15) is 13.2 Å². The summed E-state index contributed by atoms with van der Waals surface area (Å²) >= 11 is 5.67. The minimum absolute atomic E-state index is 0.0767. The summed E-state index contributed by atoms with van der Waals surface area (Å²) in [6.07, 6.45) is -5.04. The van der Waals surface area contributed by atoms with Gasteiger partial charge in [0.2, 0.25) is 5.88 Å². The van der Waals surface area contributed by atoms with Crippen LogP contribution in [0.2, 0.25) is 5.15 Å². The van der Waals surface area contributed by atoms with Gasteiger partial charge in [-0.15, -0.1) is 0 Å². The molecule has 0 aliphatic rings. The molecule has 0 spiro atoms. The minimum atomic E-state index is -4.43. The van der Waals surface area contributed by atoms with Crippen molar-refractivity contribution in [3.8, 4) is 5.88 Å². The van der Waals surface area contributed by atoms with E-state index in [1.165, 1.54) is 6.07 Å². The Bertz CT molecular complexity index is 384. The van der Waals surface area contributed by atoms with Gasteiger partial charge in [-0.1, -0.05) is 18.5 Å². The maximum atomic E-state index is 12.3. The smallest absolute Gasteiger partial charge is 0.425 e. The van der Waals surface area contributed by atoms with Crippen LogP contribution in [-0.4, -0.2) is 22.2 Å². The first-order valence-electron chi connectivity index (χ1n) is 5.09. The van der Waals surface area contributed by atoms with Crippen molar-refractivity contribution in [3.05, 3.63) is 17.0 Å². The highest BCUT2D eigenvalue weighted by atomic mass is 35.5. The lowest BCUT2D eigenvalue weighted by Crippen LogP contribution is -2.31. The molecule has 0 N–H and O–H groups in total. The van der Waals surface area contributed by atoms with E-state index in [0.29, 0.717) is 12.2 Å². The van der Waals surface area contributed by atoms with Gasteiger partial charge in [0, 0.05) is 12.5 Å². The van der Waals surface area contributed by atoms with Gasteiger partial charge in [0.1, 0.15) is 11.0 Å². The number of ether oxygens (including phenoxy) is 1. The summed E-state index contributed by atoms with van der Waals surface area (Å²) in [6, 6.07) is 1.17. The lowest BCUT2D eigenvalue weighted by atomic mass is 10.3. The van der Waals surface area contributed by atoms with Crippen molar-refractivity contribution in [1.82, 2.24) is 9.97 Å². The second-order valence-electron chi connectivity index (χ2n) is 3.50. The highest BCUT2D eigenvalue weighted by Gasteiger charge is 2.38. The summed E-state index contributed by atoms with van der Waals surface area (Å²) in [5.74, 6) is 0.225. The van der Waals surface area contributed by atoms with Gasteiger partial charge < -0.3 is 4.74 Å². The average Bonchev–Trinajstić information content (AvgIpc) is 2.15. The van der Waals surface area contributed by atoms with Crippen molar-refractivity contribution < 1.29 is 17.9 Å². The molecule has 1 aromatic rings. The molecule has 1 aromatic heterocycles. The number of aryl methyl sites for hydroxylation is 1. The highest BCUT2D eigenvalue weighted by molar-refractivity contribution is 6.29. The van der Waals surface area contributed by atoms with Gasteiger partial charge in [-0.05, 0) is 13.3 Å². The van der Waals surface area contributed by atoms with Crippen molar-refractivity contribution >= 4 is 11.6 Å². The van der Waals surface area contributed by atoms with E-state index in [2.05, 4.69) is 14.7 Å². The Hall–Kier alpha value is -1.04. The summed E-state index contributed by atoms with van der Waals surface area (Å²) in [6.45, 7) is 2.82.